The molecule has 40 heavy (non-hydrogen) atoms. The van der Waals surface area contributed by atoms with Crippen LogP contribution in [0.4, 0.5) is 13.2 Å². The molecule has 1 amide bonds. The van der Waals surface area contributed by atoms with Gasteiger partial charge in [-0.2, -0.15) is 0 Å². The maximum atomic E-state index is 14.8. The second-order valence-corrected chi connectivity index (χ2v) is 10.8. The van der Waals surface area contributed by atoms with Crippen molar-refractivity contribution >= 4 is 23.3 Å². The molecule has 0 bridgehead atoms. The molecule has 1 fully saturated rings. The first kappa shape index (κ1) is 26.5. The lowest BCUT2D eigenvalue weighted by atomic mass is 9.82. The summed E-state index contributed by atoms with van der Waals surface area (Å²) in [6, 6.07) is 3.07. The molecule has 210 valence electrons. The predicted molar refractivity (Wildman–Crippen MR) is 141 cm³/mol. The van der Waals surface area contributed by atoms with Gasteiger partial charge in [0.15, 0.2) is 0 Å². The highest BCUT2D eigenvalue weighted by molar-refractivity contribution is 5.93. The molecule has 0 spiro atoms. The predicted octanol–water partition coefficient (Wildman–Crippen LogP) is 3.77. The first-order valence-electron chi connectivity index (χ1n) is 13.5. The zero-order valence-electron chi connectivity index (χ0n) is 22.2. The van der Waals surface area contributed by atoms with Crippen LogP contribution in [0.25, 0.3) is 22.3 Å². The number of amides is 1. The number of nitrogens with one attached hydrogen (secondary N) is 2. The second kappa shape index (κ2) is 9.72. The normalized spacial score (nSPS) is 21.6. The lowest BCUT2D eigenvalue weighted by molar-refractivity contribution is -0.148. The van der Waals surface area contributed by atoms with Crippen molar-refractivity contribution in [2.24, 2.45) is 0 Å². The molecule has 3 aromatic rings. The van der Waals surface area contributed by atoms with Gasteiger partial charge in [-0.1, -0.05) is 6.92 Å². The number of hydrogen-bond acceptors (Lipinski definition) is 6. The van der Waals surface area contributed by atoms with Gasteiger partial charge in [0.1, 0.15) is 12.4 Å². The van der Waals surface area contributed by atoms with Crippen LogP contribution in [0.15, 0.2) is 16.9 Å². The number of rotatable bonds is 3. The van der Waals surface area contributed by atoms with Gasteiger partial charge < -0.3 is 19.9 Å². The average Bonchev–Trinajstić information content (AvgIpc) is 3.51. The van der Waals surface area contributed by atoms with Gasteiger partial charge in [-0.05, 0) is 54.5 Å². The van der Waals surface area contributed by atoms with E-state index in [0.29, 0.717) is 72.4 Å². The van der Waals surface area contributed by atoms with Crippen molar-refractivity contribution in [3.8, 4) is 11.4 Å². The zero-order valence-corrected chi connectivity index (χ0v) is 22.2. The van der Waals surface area contributed by atoms with Gasteiger partial charge in [0.05, 0.1) is 47.5 Å². The molecular weight excluding hydrogens is 525 g/mol. The highest BCUT2D eigenvalue weighted by atomic mass is 19.3. The van der Waals surface area contributed by atoms with E-state index in [1.54, 1.807) is 11.5 Å². The fourth-order valence-electron chi connectivity index (χ4n) is 6.46. The molecule has 4 aliphatic rings. The molecular formula is C29H29F3N4O4. The summed E-state index contributed by atoms with van der Waals surface area (Å²) in [7, 11) is 0. The molecule has 2 atom stereocenters. The second-order valence-electron chi connectivity index (χ2n) is 10.8. The van der Waals surface area contributed by atoms with E-state index in [9.17, 15) is 27.6 Å². The van der Waals surface area contributed by atoms with Gasteiger partial charge in [0.25, 0.3) is 11.5 Å². The molecule has 2 aromatic heterocycles. The number of carbonyl (C=O) groups excluding carboxylic acids is 2. The van der Waals surface area contributed by atoms with Crippen molar-refractivity contribution in [1.29, 1.82) is 0 Å². The van der Waals surface area contributed by atoms with Gasteiger partial charge in [-0.15, -0.1) is 0 Å². The number of aromatic nitrogens is 2. The van der Waals surface area contributed by atoms with E-state index in [-0.39, 0.29) is 43.0 Å². The number of alkyl halides is 2. The summed E-state index contributed by atoms with van der Waals surface area (Å²) in [6.45, 7) is 4.26. The van der Waals surface area contributed by atoms with E-state index in [1.807, 2.05) is 13.0 Å². The Balaban J connectivity index is 0.000000363. The molecule has 2 unspecified atom stereocenters. The number of halogens is 3. The molecule has 2 N–H and O–H groups in total. The van der Waals surface area contributed by atoms with E-state index in [0.717, 1.165) is 22.1 Å². The van der Waals surface area contributed by atoms with E-state index in [2.05, 4.69) is 10.6 Å². The Hall–Kier alpha value is -3.73. The van der Waals surface area contributed by atoms with Crippen LogP contribution in [0.3, 0.4) is 0 Å². The highest BCUT2D eigenvalue weighted by Crippen LogP contribution is 2.45. The van der Waals surface area contributed by atoms with Gasteiger partial charge in [0, 0.05) is 30.0 Å². The third-order valence-corrected chi connectivity index (χ3v) is 8.52. The Kier molecular flexibility index (Phi) is 6.44. The smallest absolute Gasteiger partial charge is 0.313 e. The maximum Gasteiger partial charge on any atom is 0.313 e. The van der Waals surface area contributed by atoms with Gasteiger partial charge in [-0.3, -0.25) is 14.4 Å². The highest BCUT2D eigenvalue weighted by Gasteiger charge is 2.37. The SMILES string of the molecule is CCC1C(=O)OCc2c1cc1n(c2=O)Cc2c-1nc1cc(F)c(C)c3c1c2C(NC=O)CC3.FC1(F)CCNC1. The third kappa shape index (κ3) is 4.09. The van der Waals surface area contributed by atoms with Crippen LogP contribution in [0, 0.1) is 12.7 Å². The molecule has 5 heterocycles. The Morgan fingerprint density at radius 3 is 2.70 bits per heavy atom. The van der Waals surface area contributed by atoms with Crippen LogP contribution in [0.1, 0.15) is 71.5 Å². The van der Waals surface area contributed by atoms with E-state index < -0.39 is 11.8 Å². The molecule has 11 heteroatoms. The average molecular weight is 555 g/mol. The van der Waals surface area contributed by atoms with E-state index in [4.69, 9.17) is 9.72 Å². The number of cyclic esters (lactones) is 1. The third-order valence-electron chi connectivity index (χ3n) is 8.52. The van der Waals surface area contributed by atoms with Crippen molar-refractivity contribution in [3.05, 3.63) is 61.7 Å². The molecule has 0 saturated carbocycles. The van der Waals surface area contributed by atoms with Gasteiger partial charge in [0.2, 0.25) is 6.41 Å². The summed E-state index contributed by atoms with van der Waals surface area (Å²) < 4.78 is 45.5. The van der Waals surface area contributed by atoms with Crippen LogP contribution in [0.2, 0.25) is 0 Å². The van der Waals surface area contributed by atoms with Gasteiger partial charge in [-0.25, -0.2) is 18.2 Å². The summed E-state index contributed by atoms with van der Waals surface area (Å²) in [5, 5.41) is 6.35. The largest absolute Gasteiger partial charge is 0.460 e. The molecule has 1 aliphatic carbocycles. The van der Waals surface area contributed by atoms with Crippen molar-refractivity contribution in [1.82, 2.24) is 20.2 Å². The summed E-state index contributed by atoms with van der Waals surface area (Å²) >= 11 is 0. The number of ether oxygens (including phenoxy) is 1. The van der Waals surface area contributed by atoms with Crippen molar-refractivity contribution in [3.63, 3.8) is 0 Å². The van der Waals surface area contributed by atoms with Gasteiger partial charge >= 0.3 is 5.97 Å². The lowest BCUT2D eigenvalue weighted by Gasteiger charge is -2.28. The monoisotopic (exact) mass is 554 g/mol. The maximum absolute atomic E-state index is 14.8. The summed E-state index contributed by atoms with van der Waals surface area (Å²) in [4.78, 5) is 42.0. The number of aryl methyl sites for hydroxylation is 1. The fraction of sp³-hybridized carbons (Fsp3) is 0.448. The van der Waals surface area contributed by atoms with E-state index in [1.165, 1.54) is 6.07 Å². The topological polar surface area (TPSA) is 102 Å². The van der Waals surface area contributed by atoms with Crippen molar-refractivity contribution in [2.75, 3.05) is 13.1 Å². The summed E-state index contributed by atoms with van der Waals surface area (Å²) in [6.07, 6.45) is 2.50. The van der Waals surface area contributed by atoms with Crippen LogP contribution >= 0.6 is 0 Å². The zero-order chi connectivity index (χ0) is 28.3. The Bertz CT molecular complexity index is 1630. The molecule has 1 aromatic carbocycles. The molecule has 7 rings (SSSR count). The van der Waals surface area contributed by atoms with E-state index >= 15 is 0 Å². The molecule has 0 radical (unpaired) electrons. The number of pyridine rings is 2. The number of esters is 1. The number of benzene rings is 1. The minimum Gasteiger partial charge on any atom is -0.460 e. The quantitative estimate of drug-likeness (QED) is 0.295. The lowest BCUT2D eigenvalue weighted by Crippen LogP contribution is -2.32. The number of hydrogen-bond donors (Lipinski definition) is 2. The van der Waals surface area contributed by atoms with Crippen LogP contribution in [0.5, 0.6) is 0 Å². The first-order chi connectivity index (χ1) is 19.1. The fourth-order valence-corrected chi connectivity index (χ4v) is 6.46. The van der Waals surface area contributed by atoms with Crippen molar-refractivity contribution < 1.29 is 27.5 Å². The van der Waals surface area contributed by atoms with Crippen molar-refractivity contribution in [2.45, 2.75) is 70.6 Å². The summed E-state index contributed by atoms with van der Waals surface area (Å²) in [5.74, 6) is -3.55. The number of fused-ring (bicyclic) bond motifs is 5. The Morgan fingerprint density at radius 2 is 2.05 bits per heavy atom. The summed E-state index contributed by atoms with van der Waals surface area (Å²) in [5.41, 5.74) is 6.03. The Labute approximate surface area is 227 Å². The molecule has 3 aliphatic heterocycles. The van der Waals surface area contributed by atoms with Crippen LogP contribution in [-0.2, 0) is 33.9 Å². The number of carbonyl (C=O) groups is 2. The minimum atomic E-state index is -2.42. The molecule has 1 saturated heterocycles. The molecule has 8 nitrogen and oxygen atoms in total. The standard InChI is InChI=1S/C25H22FN3O4.C4H7F2N/c1-3-12-14-6-20-23-15(8-29(20)24(31)16(14)9-33-25(12)32)22-18(27-10-30)5-4-13-11(2)17(26)7-19(28-23)21(13)22;5-4(6)1-2-7-3-4/h6-7,10,12,18H,3-5,8-9H2,1-2H3,(H,27,30);7H,1-3H2. The van der Waals surface area contributed by atoms with Crippen LogP contribution < -0.4 is 16.2 Å². The minimum absolute atomic E-state index is 0.00694. The number of nitrogens with zero attached hydrogens (tertiary/aromatic N) is 2. The Morgan fingerprint density at radius 1 is 1.25 bits per heavy atom. The van der Waals surface area contributed by atoms with Crippen LogP contribution in [-0.4, -0.2) is 40.9 Å². The first-order valence-corrected chi connectivity index (χ1v) is 13.5.